The van der Waals surface area contributed by atoms with E-state index in [4.69, 9.17) is 10.3 Å². The standard InChI is InChI=1S/C14H15N5O/c1-9-18-13(20-19-9)6-8-17-12-5-4-11-10(14(12)15)3-2-7-16-11/h2-5,7,17H,6,8,15H2,1H3. The van der Waals surface area contributed by atoms with E-state index in [2.05, 4.69) is 20.4 Å². The number of nitrogen functional groups attached to an aromatic ring is 1. The van der Waals surface area contributed by atoms with Crippen molar-refractivity contribution in [3.05, 3.63) is 42.2 Å². The molecule has 0 atom stereocenters. The molecule has 1 aromatic carbocycles. The average molecular weight is 269 g/mol. The van der Waals surface area contributed by atoms with Crippen LogP contribution in [-0.2, 0) is 6.42 Å². The molecule has 0 spiro atoms. The van der Waals surface area contributed by atoms with Crippen LogP contribution in [0, 0.1) is 6.92 Å². The zero-order valence-corrected chi connectivity index (χ0v) is 11.1. The fraction of sp³-hybridized carbons (Fsp3) is 0.214. The van der Waals surface area contributed by atoms with Gasteiger partial charge < -0.3 is 15.6 Å². The molecule has 6 heteroatoms. The number of nitrogens with one attached hydrogen (secondary N) is 1. The number of nitrogens with two attached hydrogens (primary N) is 1. The van der Waals surface area contributed by atoms with Crippen molar-refractivity contribution in [2.45, 2.75) is 13.3 Å². The number of aromatic nitrogens is 3. The molecule has 0 amide bonds. The maximum atomic E-state index is 6.15. The van der Waals surface area contributed by atoms with Crippen molar-refractivity contribution in [3.8, 4) is 0 Å². The van der Waals surface area contributed by atoms with Crippen LogP contribution in [0.3, 0.4) is 0 Å². The first-order valence-electron chi connectivity index (χ1n) is 6.40. The Morgan fingerprint density at radius 3 is 3.00 bits per heavy atom. The predicted molar refractivity (Wildman–Crippen MR) is 77.4 cm³/mol. The van der Waals surface area contributed by atoms with E-state index in [1.54, 1.807) is 13.1 Å². The molecule has 102 valence electrons. The third-order valence-corrected chi connectivity index (χ3v) is 3.05. The normalized spacial score (nSPS) is 10.8. The average Bonchev–Trinajstić information content (AvgIpc) is 2.87. The number of pyridine rings is 1. The molecule has 0 aliphatic carbocycles. The third kappa shape index (κ3) is 2.40. The number of nitrogens with zero attached hydrogens (tertiary/aromatic N) is 3. The predicted octanol–water partition coefficient (Wildman–Crippen LogP) is 2.16. The van der Waals surface area contributed by atoms with E-state index >= 15 is 0 Å². The fourth-order valence-corrected chi connectivity index (χ4v) is 2.08. The zero-order chi connectivity index (χ0) is 13.9. The summed E-state index contributed by atoms with van der Waals surface area (Å²) in [7, 11) is 0. The number of anilines is 2. The summed E-state index contributed by atoms with van der Waals surface area (Å²) in [5, 5.41) is 7.99. The van der Waals surface area contributed by atoms with Gasteiger partial charge in [-0.05, 0) is 31.2 Å². The summed E-state index contributed by atoms with van der Waals surface area (Å²) < 4.78 is 5.06. The Hall–Kier alpha value is -2.63. The van der Waals surface area contributed by atoms with E-state index in [1.807, 2.05) is 24.3 Å². The van der Waals surface area contributed by atoms with E-state index in [9.17, 15) is 0 Å². The van der Waals surface area contributed by atoms with Crippen molar-refractivity contribution in [1.82, 2.24) is 15.1 Å². The van der Waals surface area contributed by atoms with Crippen LogP contribution in [0.15, 0.2) is 35.0 Å². The fourth-order valence-electron chi connectivity index (χ4n) is 2.08. The van der Waals surface area contributed by atoms with Crippen LogP contribution in [0.2, 0.25) is 0 Å². The maximum absolute atomic E-state index is 6.15. The van der Waals surface area contributed by atoms with Gasteiger partial charge >= 0.3 is 0 Å². The lowest BCUT2D eigenvalue weighted by Gasteiger charge is -2.10. The summed E-state index contributed by atoms with van der Waals surface area (Å²) in [6, 6.07) is 7.72. The van der Waals surface area contributed by atoms with E-state index in [0.717, 1.165) is 16.6 Å². The summed E-state index contributed by atoms with van der Waals surface area (Å²) in [5.74, 6) is 1.27. The first kappa shape index (κ1) is 12.4. The van der Waals surface area contributed by atoms with Crippen LogP contribution in [0.5, 0.6) is 0 Å². The molecule has 0 bridgehead atoms. The molecular weight excluding hydrogens is 254 g/mol. The van der Waals surface area contributed by atoms with Crippen molar-refractivity contribution in [2.24, 2.45) is 0 Å². The summed E-state index contributed by atoms with van der Waals surface area (Å²) >= 11 is 0. The summed E-state index contributed by atoms with van der Waals surface area (Å²) in [6.45, 7) is 2.48. The Balaban J connectivity index is 1.73. The van der Waals surface area contributed by atoms with Gasteiger partial charge in [0.1, 0.15) is 0 Å². The van der Waals surface area contributed by atoms with Crippen LogP contribution < -0.4 is 11.1 Å². The van der Waals surface area contributed by atoms with Gasteiger partial charge in [0.15, 0.2) is 5.82 Å². The van der Waals surface area contributed by atoms with Gasteiger partial charge in [-0.25, -0.2) is 0 Å². The second-order valence-electron chi connectivity index (χ2n) is 4.51. The number of hydrogen-bond donors (Lipinski definition) is 2. The number of fused-ring (bicyclic) bond motifs is 1. The minimum absolute atomic E-state index is 0.621. The lowest BCUT2D eigenvalue weighted by Crippen LogP contribution is -2.07. The SMILES string of the molecule is Cc1noc(CCNc2ccc3ncccc3c2N)n1. The summed E-state index contributed by atoms with van der Waals surface area (Å²) in [6.07, 6.45) is 2.41. The van der Waals surface area contributed by atoms with Gasteiger partial charge in [-0.1, -0.05) is 5.16 Å². The molecule has 0 saturated heterocycles. The third-order valence-electron chi connectivity index (χ3n) is 3.05. The largest absolute Gasteiger partial charge is 0.397 e. The van der Waals surface area contributed by atoms with Crippen molar-refractivity contribution in [1.29, 1.82) is 0 Å². The van der Waals surface area contributed by atoms with E-state index in [1.165, 1.54) is 0 Å². The summed E-state index contributed by atoms with van der Waals surface area (Å²) in [5.41, 5.74) is 8.64. The second kappa shape index (κ2) is 5.16. The molecule has 0 aliphatic heterocycles. The highest BCUT2D eigenvalue weighted by atomic mass is 16.5. The highest BCUT2D eigenvalue weighted by Crippen LogP contribution is 2.27. The van der Waals surface area contributed by atoms with Crippen molar-refractivity contribution in [2.75, 3.05) is 17.6 Å². The molecule has 6 nitrogen and oxygen atoms in total. The van der Waals surface area contributed by atoms with Crippen LogP contribution in [0.25, 0.3) is 10.9 Å². The van der Waals surface area contributed by atoms with Gasteiger partial charge in [-0.2, -0.15) is 4.98 Å². The number of rotatable bonds is 4. The van der Waals surface area contributed by atoms with Gasteiger partial charge in [0.25, 0.3) is 0 Å². The molecule has 0 radical (unpaired) electrons. The second-order valence-corrected chi connectivity index (χ2v) is 4.51. The van der Waals surface area contributed by atoms with Crippen LogP contribution in [0.4, 0.5) is 11.4 Å². The highest BCUT2D eigenvalue weighted by molar-refractivity contribution is 5.96. The minimum Gasteiger partial charge on any atom is -0.397 e. The van der Waals surface area contributed by atoms with Crippen LogP contribution >= 0.6 is 0 Å². The number of hydrogen-bond acceptors (Lipinski definition) is 6. The molecule has 3 rings (SSSR count). The van der Waals surface area contributed by atoms with Gasteiger partial charge in [-0.15, -0.1) is 0 Å². The Morgan fingerprint density at radius 1 is 1.30 bits per heavy atom. The molecule has 3 N–H and O–H groups in total. The van der Waals surface area contributed by atoms with E-state index < -0.39 is 0 Å². The van der Waals surface area contributed by atoms with Gasteiger partial charge in [-0.3, -0.25) is 4.98 Å². The smallest absolute Gasteiger partial charge is 0.228 e. The Labute approximate surface area is 116 Å². The molecule has 0 aliphatic rings. The van der Waals surface area contributed by atoms with Crippen molar-refractivity contribution < 1.29 is 4.52 Å². The molecule has 0 unspecified atom stereocenters. The molecule has 3 aromatic rings. The van der Waals surface area contributed by atoms with Crippen molar-refractivity contribution in [3.63, 3.8) is 0 Å². The van der Waals surface area contributed by atoms with Crippen LogP contribution in [-0.4, -0.2) is 21.7 Å². The zero-order valence-electron chi connectivity index (χ0n) is 11.1. The molecule has 0 fully saturated rings. The quantitative estimate of drug-likeness (QED) is 0.705. The van der Waals surface area contributed by atoms with Gasteiger partial charge in [0.2, 0.25) is 5.89 Å². The summed E-state index contributed by atoms with van der Waals surface area (Å²) in [4.78, 5) is 8.43. The first-order valence-corrected chi connectivity index (χ1v) is 6.40. The Kier molecular flexibility index (Phi) is 3.20. The molecule has 2 aromatic heterocycles. The minimum atomic E-state index is 0.621. The van der Waals surface area contributed by atoms with Crippen LogP contribution in [0.1, 0.15) is 11.7 Å². The number of benzene rings is 1. The molecule has 20 heavy (non-hydrogen) atoms. The number of aryl methyl sites for hydroxylation is 1. The van der Waals surface area contributed by atoms with E-state index in [0.29, 0.717) is 30.4 Å². The molecular formula is C14H15N5O. The Morgan fingerprint density at radius 2 is 2.20 bits per heavy atom. The lowest BCUT2D eigenvalue weighted by atomic mass is 10.1. The lowest BCUT2D eigenvalue weighted by molar-refractivity contribution is 0.377. The van der Waals surface area contributed by atoms with Crippen molar-refractivity contribution >= 4 is 22.3 Å². The highest BCUT2D eigenvalue weighted by Gasteiger charge is 2.06. The molecule has 0 saturated carbocycles. The first-order chi connectivity index (χ1) is 9.74. The monoisotopic (exact) mass is 269 g/mol. The van der Waals surface area contributed by atoms with E-state index in [-0.39, 0.29) is 0 Å². The van der Waals surface area contributed by atoms with Gasteiger partial charge in [0.05, 0.1) is 16.9 Å². The topological polar surface area (TPSA) is 89.9 Å². The Bertz CT molecular complexity index is 737. The van der Waals surface area contributed by atoms with Gasteiger partial charge in [0, 0.05) is 24.5 Å². The molecule has 2 heterocycles. The maximum Gasteiger partial charge on any atom is 0.228 e.